The number of sulfonamides is 1. The van der Waals surface area contributed by atoms with E-state index in [1.54, 1.807) is 13.1 Å². The molecule has 1 aromatic heterocycles. The van der Waals surface area contributed by atoms with Crippen molar-refractivity contribution < 1.29 is 8.42 Å². The zero-order valence-corrected chi connectivity index (χ0v) is 20.1. The van der Waals surface area contributed by atoms with Gasteiger partial charge in [-0.3, -0.25) is 4.99 Å². The molecule has 1 fully saturated rings. The van der Waals surface area contributed by atoms with E-state index in [9.17, 15) is 8.42 Å². The average Bonchev–Trinajstić information content (AvgIpc) is 3.18. The van der Waals surface area contributed by atoms with Crippen LogP contribution in [0.5, 0.6) is 0 Å². The first-order chi connectivity index (χ1) is 13.8. The minimum Gasteiger partial charge on any atom is -0.356 e. The Balaban J connectivity index is 1.81. The van der Waals surface area contributed by atoms with Gasteiger partial charge in [-0.2, -0.15) is 4.31 Å². The zero-order chi connectivity index (χ0) is 21.4. The third-order valence-corrected chi connectivity index (χ3v) is 9.09. The third kappa shape index (κ3) is 6.67. The summed E-state index contributed by atoms with van der Waals surface area (Å²) in [7, 11) is -1.57. The van der Waals surface area contributed by atoms with Crippen molar-refractivity contribution in [1.29, 1.82) is 0 Å². The van der Waals surface area contributed by atoms with Crippen molar-refractivity contribution in [2.24, 2.45) is 4.99 Å². The number of thiophene rings is 1. The summed E-state index contributed by atoms with van der Waals surface area (Å²) in [5.74, 6) is 0.820. The zero-order valence-electron chi connectivity index (χ0n) is 18.4. The van der Waals surface area contributed by atoms with E-state index in [0.29, 0.717) is 29.4 Å². The molecule has 7 nitrogen and oxygen atoms in total. The maximum Gasteiger partial charge on any atom is 0.252 e. The summed E-state index contributed by atoms with van der Waals surface area (Å²) in [5.41, 5.74) is 0. The number of rotatable bonds is 9. The van der Waals surface area contributed by atoms with Crippen LogP contribution >= 0.6 is 11.3 Å². The molecule has 0 saturated carbocycles. The largest absolute Gasteiger partial charge is 0.356 e. The molecule has 29 heavy (non-hydrogen) atoms. The van der Waals surface area contributed by atoms with Crippen molar-refractivity contribution in [3.63, 3.8) is 0 Å². The first-order valence-electron chi connectivity index (χ1n) is 10.6. The Morgan fingerprint density at radius 3 is 2.48 bits per heavy atom. The second-order valence-electron chi connectivity index (χ2n) is 7.61. The van der Waals surface area contributed by atoms with Crippen molar-refractivity contribution in [2.75, 3.05) is 39.8 Å². The fraction of sp³-hybridized carbons (Fsp3) is 0.750. The molecule has 2 N–H and O–H groups in total. The molecule has 1 aliphatic heterocycles. The molecule has 1 aliphatic rings. The van der Waals surface area contributed by atoms with Gasteiger partial charge in [0.1, 0.15) is 4.21 Å². The number of nitrogens with one attached hydrogen (secondary N) is 2. The number of piperidine rings is 1. The van der Waals surface area contributed by atoms with Crippen molar-refractivity contribution in [1.82, 2.24) is 19.8 Å². The standard InChI is InChI=1S/C20H37N5O2S2/c1-6-25(7-2)29(26,27)19-9-8-18(28-19)10-13-22-20(21-5)23-17-11-14-24(15-12-17)16(3)4/h8-9,16-17H,6-7,10-15H2,1-5H3,(H2,21,22,23). The molecule has 166 valence electrons. The molecule has 2 rings (SSSR count). The Labute approximate surface area is 180 Å². The van der Waals surface area contributed by atoms with Crippen LogP contribution in [0.15, 0.2) is 21.3 Å². The lowest BCUT2D eigenvalue weighted by Crippen LogP contribution is -2.50. The number of aliphatic imine (C=N–C) groups is 1. The monoisotopic (exact) mass is 443 g/mol. The number of nitrogens with zero attached hydrogens (tertiary/aromatic N) is 3. The van der Waals surface area contributed by atoms with Gasteiger partial charge in [0.25, 0.3) is 10.0 Å². The summed E-state index contributed by atoms with van der Waals surface area (Å²) in [4.78, 5) is 7.91. The molecule has 9 heteroatoms. The van der Waals surface area contributed by atoms with Crippen LogP contribution in [0.1, 0.15) is 45.4 Å². The SMILES string of the molecule is CCN(CC)S(=O)(=O)c1ccc(CCNC(=NC)NC2CCN(C(C)C)CC2)s1. The number of hydrogen-bond donors (Lipinski definition) is 2. The highest BCUT2D eigenvalue weighted by molar-refractivity contribution is 7.91. The second-order valence-corrected chi connectivity index (χ2v) is 10.9. The van der Waals surface area contributed by atoms with Gasteiger partial charge in [0, 0.05) is 56.7 Å². The van der Waals surface area contributed by atoms with Gasteiger partial charge < -0.3 is 15.5 Å². The Bertz CT molecular complexity index is 749. The minimum atomic E-state index is -3.36. The number of likely N-dealkylation sites (tertiary alicyclic amines) is 1. The van der Waals surface area contributed by atoms with Crippen LogP contribution in [0.25, 0.3) is 0 Å². The smallest absolute Gasteiger partial charge is 0.252 e. The Kier molecular flexibility index (Phi) is 9.39. The maximum atomic E-state index is 12.6. The fourth-order valence-electron chi connectivity index (χ4n) is 3.57. The van der Waals surface area contributed by atoms with E-state index < -0.39 is 10.0 Å². The van der Waals surface area contributed by atoms with E-state index in [1.807, 2.05) is 19.9 Å². The topological polar surface area (TPSA) is 77.0 Å². The van der Waals surface area contributed by atoms with Gasteiger partial charge in [-0.1, -0.05) is 13.8 Å². The minimum absolute atomic E-state index is 0.426. The molecule has 0 aromatic carbocycles. The summed E-state index contributed by atoms with van der Waals surface area (Å²) >= 11 is 1.36. The average molecular weight is 444 g/mol. The number of hydrogen-bond acceptors (Lipinski definition) is 5. The Morgan fingerprint density at radius 1 is 1.28 bits per heavy atom. The summed E-state index contributed by atoms with van der Waals surface area (Å²) in [6.45, 7) is 12.2. The lowest BCUT2D eigenvalue weighted by atomic mass is 10.0. The Hall–Kier alpha value is -1.16. The quantitative estimate of drug-likeness (QED) is 0.453. The van der Waals surface area contributed by atoms with Crippen molar-refractivity contribution in [3.8, 4) is 0 Å². The lowest BCUT2D eigenvalue weighted by molar-refractivity contribution is 0.167. The normalized spacial score (nSPS) is 17.3. The van der Waals surface area contributed by atoms with Gasteiger partial charge in [0.05, 0.1) is 0 Å². The molecular formula is C20H37N5O2S2. The molecule has 1 saturated heterocycles. The van der Waals surface area contributed by atoms with Crippen molar-refractivity contribution in [3.05, 3.63) is 17.0 Å². The van der Waals surface area contributed by atoms with Gasteiger partial charge >= 0.3 is 0 Å². The van der Waals surface area contributed by atoms with E-state index in [1.165, 1.54) is 15.6 Å². The van der Waals surface area contributed by atoms with Crippen molar-refractivity contribution >= 4 is 27.3 Å². The van der Waals surface area contributed by atoms with E-state index >= 15 is 0 Å². The molecule has 1 aromatic rings. The maximum absolute atomic E-state index is 12.6. The first-order valence-corrected chi connectivity index (χ1v) is 12.9. The molecule has 0 aliphatic carbocycles. The third-order valence-electron chi connectivity index (χ3n) is 5.42. The van der Waals surface area contributed by atoms with Crippen LogP contribution in [0.2, 0.25) is 0 Å². The van der Waals surface area contributed by atoms with Gasteiger partial charge in [0.15, 0.2) is 5.96 Å². The highest BCUT2D eigenvalue weighted by Crippen LogP contribution is 2.25. The van der Waals surface area contributed by atoms with E-state index in [-0.39, 0.29) is 0 Å². The van der Waals surface area contributed by atoms with Crippen LogP contribution < -0.4 is 10.6 Å². The molecule has 0 atom stereocenters. The van der Waals surface area contributed by atoms with Gasteiger partial charge in [0.2, 0.25) is 0 Å². The predicted octanol–water partition coefficient (Wildman–Crippen LogP) is 2.36. The Morgan fingerprint density at radius 2 is 1.93 bits per heavy atom. The van der Waals surface area contributed by atoms with E-state index in [0.717, 1.165) is 49.7 Å². The van der Waals surface area contributed by atoms with E-state index in [4.69, 9.17) is 0 Å². The summed E-state index contributed by atoms with van der Waals surface area (Å²) in [6.07, 6.45) is 3.01. The summed E-state index contributed by atoms with van der Waals surface area (Å²) in [5, 5.41) is 6.89. The summed E-state index contributed by atoms with van der Waals surface area (Å²) in [6, 6.07) is 4.70. The molecule has 0 amide bonds. The highest BCUT2D eigenvalue weighted by atomic mass is 32.2. The van der Waals surface area contributed by atoms with E-state index in [2.05, 4.69) is 34.4 Å². The molecule has 2 heterocycles. The first kappa shape index (κ1) is 24.1. The van der Waals surface area contributed by atoms with Gasteiger partial charge in [-0.15, -0.1) is 11.3 Å². The molecule has 0 spiro atoms. The molecule has 0 bridgehead atoms. The fourth-order valence-corrected chi connectivity index (χ4v) is 6.54. The van der Waals surface area contributed by atoms with Crippen LogP contribution in [-0.2, 0) is 16.4 Å². The van der Waals surface area contributed by atoms with Crippen LogP contribution in [0.3, 0.4) is 0 Å². The second kappa shape index (κ2) is 11.3. The van der Waals surface area contributed by atoms with Crippen LogP contribution in [0.4, 0.5) is 0 Å². The van der Waals surface area contributed by atoms with Gasteiger partial charge in [-0.05, 0) is 45.2 Å². The van der Waals surface area contributed by atoms with Crippen molar-refractivity contribution in [2.45, 2.75) is 63.3 Å². The molecular weight excluding hydrogens is 406 g/mol. The molecule has 0 unspecified atom stereocenters. The molecule has 0 radical (unpaired) electrons. The lowest BCUT2D eigenvalue weighted by Gasteiger charge is -2.35. The predicted molar refractivity (Wildman–Crippen MR) is 122 cm³/mol. The summed E-state index contributed by atoms with van der Waals surface area (Å²) < 4.78 is 27.1. The highest BCUT2D eigenvalue weighted by Gasteiger charge is 2.24. The number of guanidine groups is 1. The van der Waals surface area contributed by atoms with Crippen LogP contribution in [0, 0.1) is 0 Å². The van der Waals surface area contributed by atoms with Crippen LogP contribution in [-0.4, -0.2) is 75.4 Å². The van der Waals surface area contributed by atoms with Gasteiger partial charge in [-0.25, -0.2) is 8.42 Å².